The lowest BCUT2D eigenvalue weighted by atomic mass is 9.96. The van der Waals surface area contributed by atoms with Crippen molar-refractivity contribution in [2.75, 3.05) is 9.80 Å². The molecule has 3 heteroatoms. The summed E-state index contributed by atoms with van der Waals surface area (Å²) in [6.45, 7) is 13.9. The third kappa shape index (κ3) is 3.71. The maximum absolute atomic E-state index is 6.25. The number of nitrogens with zero attached hydrogens (tertiary/aromatic N) is 2. The molecule has 1 saturated heterocycles. The molecule has 5 aromatic rings. The molecule has 188 valence electrons. The van der Waals surface area contributed by atoms with Crippen LogP contribution in [0.1, 0.15) is 49.2 Å². The van der Waals surface area contributed by atoms with Crippen molar-refractivity contribution >= 4 is 33.3 Å². The van der Waals surface area contributed by atoms with Gasteiger partial charge in [0.25, 0.3) is 0 Å². The Bertz CT molecular complexity index is 1560. The van der Waals surface area contributed by atoms with E-state index in [1.807, 2.05) is 6.07 Å². The molecule has 1 aliphatic heterocycles. The molecule has 0 N–H and O–H groups in total. The molecule has 37 heavy (non-hydrogen) atoms. The van der Waals surface area contributed by atoms with Gasteiger partial charge in [0.1, 0.15) is 17.3 Å². The van der Waals surface area contributed by atoms with Crippen molar-refractivity contribution in [1.29, 1.82) is 0 Å². The number of aryl methyl sites for hydroxylation is 3. The van der Waals surface area contributed by atoms with E-state index in [-0.39, 0.29) is 6.17 Å². The predicted octanol–water partition coefficient (Wildman–Crippen LogP) is 8.95. The van der Waals surface area contributed by atoms with Crippen LogP contribution < -0.4 is 9.80 Å². The van der Waals surface area contributed by atoms with E-state index < -0.39 is 0 Å². The van der Waals surface area contributed by atoms with Gasteiger partial charge >= 0.3 is 0 Å². The van der Waals surface area contributed by atoms with E-state index in [4.69, 9.17) is 4.42 Å². The van der Waals surface area contributed by atoms with Crippen LogP contribution in [-0.4, -0.2) is 12.1 Å². The Hall–Kier alpha value is -3.72. The van der Waals surface area contributed by atoms with Crippen LogP contribution in [0.25, 0.3) is 21.9 Å². The summed E-state index contributed by atoms with van der Waals surface area (Å²) in [5.74, 6) is 0.478. The number of rotatable bonds is 4. The van der Waals surface area contributed by atoms with E-state index in [0.29, 0.717) is 18.0 Å². The molecule has 0 spiro atoms. The molecule has 0 bridgehead atoms. The summed E-state index contributed by atoms with van der Waals surface area (Å²) in [7, 11) is 0. The maximum Gasteiger partial charge on any atom is 0.135 e. The van der Waals surface area contributed by atoms with Gasteiger partial charge in [-0.2, -0.15) is 0 Å². The van der Waals surface area contributed by atoms with Crippen molar-refractivity contribution in [3.8, 4) is 0 Å². The van der Waals surface area contributed by atoms with Gasteiger partial charge in [0.15, 0.2) is 0 Å². The summed E-state index contributed by atoms with van der Waals surface area (Å²) in [5, 5.41) is 2.36. The normalized spacial score (nSPS) is 20.0. The first-order valence-electron chi connectivity index (χ1n) is 13.5. The average Bonchev–Trinajstić information content (AvgIpc) is 3.38. The fourth-order valence-corrected chi connectivity index (χ4v) is 6.71. The third-order valence-electron chi connectivity index (χ3n) is 8.29. The van der Waals surface area contributed by atoms with Crippen LogP contribution in [-0.2, 0) is 0 Å². The summed E-state index contributed by atoms with van der Waals surface area (Å²) < 4.78 is 6.25. The molecule has 1 aliphatic rings. The van der Waals surface area contributed by atoms with Gasteiger partial charge in [-0.3, -0.25) is 0 Å². The van der Waals surface area contributed by atoms with E-state index in [9.17, 15) is 0 Å². The Labute approximate surface area is 220 Å². The summed E-state index contributed by atoms with van der Waals surface area (Å²) >= 11 is 0. The zero-order chi connectivity index (χ0) is 25.8. The third-order valence-corrected chi connectivity index (χ3v) is 8.29. The Morgan fingerprint density at radius 1 is 0.676 bits per heavy atom. The van der Waals surface area contributed by atoms with Crippen molar-refractivity contribution in [3.63, 3.8) is 0 Å². The topological polar surface area (TPSA) is 19.6 Å². The number of hydrogen-bond acceptors (Lipinski definition) is 3. The number of benzene rings is 4. The SMILES string of the molecule is Cc1cc2oc3ccccc3c2cc1N1C(c2c(C)cccc2C)N(c2ccccc2)C(C(C)C)[C@@H]1C. The molecule has 0 amide bonds. The van der Waals surface area contributed by atoms with Gasteiger partial charge in [0.05, 0.1) is 6.04 Å². The van der Waals surface area contributed by atoms with Crippen molar-refractivity contribution in [2.45, 2.75) is 59.8 Å². The van der Waals surface area contributed by atoms with Gasteiger partial charge in [-0.15, -0.1) is 0 Å². The average molecular weight is 489 g/mol. The zero-order valence-electron chi connectivity index (χ0n) is 22.7. The van der Waals surface area contributed by atoms with Gasteiger partial charge in [-0.05, 0) is 80.6 Å². The largest absolute Gasteiger partial charge is 0.456 e. The van der Waals surface area contributed by atoms with Crippen LogP contribution in [0, 0.1) is 26.7 Å². The summed E-state index contributed by atoms with van der Waals surface area (Å²) in [5.41, 5.74) is 9.77. The highest BCUT2D eigenvalue weighted by atomic mass is 16.3. The number of furan rings is 1. The first kappa shape index (κ1) is 23.7. The standard InChI is InChI=1S/C34H36N2O/c1-21(2)33-25(6)35(29-20-28-27-17-10-11-18-30(27)37-31(28)19-24(29)5)34(32-22(3)13-12-14-23(32)4)36(33)26-15-8-7-9-16-26/h7-21,25,33-34H,1-6H3/t25-,33?,34?/m0/s1. The second-order valence-electron chi connectivity index (χ2n) is 11.0. The van der Waals surface area contributed by atoms with E-state index >= 15 is 0 Å². The fraction of sp³-hybridized carbons (Fsp3) is 0.294. The van der Waals surface area contributed by atoms with Crippen LogP contribution >= 0.6 is 0 Å². The summed E-state index contributed by atoms with van der Waals surface area (Å²) in [4.78, 5) is 5.37. The molecule has 0 aliphatic carbocycles. The minimum absolute atomic E-state index is 0.0836. The van der Waals surface area contributed by atoms with Crippen LogP contribution in [0.15, 0.2) is 89.3 Å². The quantitative estimate of drug-likeness (QED) is 0.252. The predicted molar refractivity (Wildman–Crippen MR) is 157 cm³/mol. The van der Waals surface area contributed by atoms with Crippen molar-refractivity contribution < 1.29 is 4.42 Å². The van der Waals surface area contributed by atoms with E-state index in [2.05, 4.69) is 130 Å². The maximum atomic E-state index is 6.25. The van der Waals surface area contributed by atoms with Gasteiger partial charge in [0, 0.05) is 33.8 Å². The van der Waals surface area contributed by atoms with E-state index in [1.165, 1.54) is 44.4 Å². The number of para-hydroxylation sites is 2. The molecule has 2 heterocycles. The summed E-state index contributed by atoms with van der Waals surface area (Å²) in [6.07, 6.45) is 0.0836. The van der Waals surface area contributed by atoms with E-state index in [1.54, 1.807) is 0 Å². The second kappa shape index (κ2) is 8.99. The molecule has 3 atom stereocenters. The smallest absolute Gasteiger partial charge is 0.135 e. The van der Waals surface area contributed by atoms with Gasteiger partial charge in [0.2, 0.25) is 0 Å². The molecular weight excluding hydrogens is 452 g/mol. The molecule has 4 aromatic carbocycles. The molecule has 6 rings (SSSR count). The number of hydrogen-bond donors (Lipinski definition) is 0. The molecular formula is C34H36N2O. The first-order valence-corrected chi connectivity index (χ1v) is 13.5. The van der Waals surface area contributed by atoms with Crippen LogP contribution in [0.5, 0.6) is 0 Å². The monoisotopic (exact) mass is 488 g/mol. The molecule has 0 saturated carbocycles. The highest BCUT2D eigenvalue weighted by Crippen LogP contribution is 2.49. The second-order valence-corrected chi connectivity index (χ2v) is 11.0. The van der Waals surface area contributed by atoms with Crippen molar-refractivity contribution in [3.05, 3.63) is 107 Å². The summed E-state index contributed by atoms with van der Waals surface area (Å²) in [6, 6.07) is 31.3. The van der Waals surface area contributed by atoms with Gasteiger partial charge in [-0.1, -0.05) is 68.4 Å². The first-order chi connectivity index (χ1) is 17.9. The van der Waals surface area contributed by atoms with Gasteiger partial charge in [-0.25, -0.2) is 0 Å². The minimum atomic E-state index is 0.0836. The minimum Gasteiger partial charge on any atom is -0.456 e. The van der Waals surface area contributed by atoms with E-state index in [0.717, 1.165) is 11.2 Å². The highest BCUT2D eigenvalue weighted by Gasteiger charge is 2.48. The Morgan fingerprint density at radius 3 is 2.05 bits per heavy atom. The zero-order valence-corrected chi connectivity index (χ0v) is 22.7. The lowest BCUT2D eigenvalue weighted by Crippen LogP contribution is -2.40. The lowest BCUT2D eigenvalue weighted by molar-refractivity contribution is 0.455. The fourth-order valence-electron chi connectivity index (χ4n) is 6.71. The highest BCUT2D eigenvalue weighted by molar-refractivity contribution is 6.06. The van der Waals surface area contributed by atoms with Crippen LogP contribution in [0.4, 0.5) is 11.4 Å². The number of anilines is 2. The Balaban J connectivity index is 1.64. The molecule has 0 radical (unpaired) electrons. The Morgan fingerprint density at radius 2 is 1.35 bits per heavy atom. The Kier molecular flexibility index (Phi) is 5.75. The molecule has 3 nitrogen and oxygen atoms in total. The van der Waals surface area contributed by atoms with Crippen molar-refractivity contribution in [2.24, 2.45) is 5.92 Å². The lowest BCUT2D eigenvalue weighted by Gasteiger charge is -2.37. The van der Waals surface area contributed by atoms with Gasteiger partial charge < -0.3 is 14.2 Å². The molecule has 2 unspecified atom stereocenters. The van der Waals surface area contributed by atoms with Crippen LogP contribution in [0.2, 0.25) is 0 Å². The van der Waals surface area contributed by atoms with Crippen molar-refractivity contribution in [1.82, 2.24) is 0 Å². The molecule has 1 fully saturated rings. The van der Waals surface area contributed by atoms with Crippen LogP contribution in [0.3, 0.4) is 0 Å². The molecule has 1 aromatic heterocycles. The number of fused-ring (bicyclic) bond motifs is 3.